The van der Waals surface area contributed by atoms with Gasteiger partial charge in [0.05, 0.1) is 12.5 Å². The number of aromatic nitrogens is 1. The Morgan fingerprint density at radius 1 is 1.41 bits per heavy atom. The molecule has 0 radical (unpaired) electrons. The van der Waals surface area contributed by atoms with E-state index in [4.69, 9.17) is 5.26 Å². The molecule has 7 heteroatoms. The van der Waals surface area contributed by atoms with E-state index in [1.54, 1.807) is 6.07 Å². The number of hydrogen-bond acceptors (Lipinski definition) is 2. The zero-order chi connectivity index (χ0) is 13.2. The lowest BCUT2D eigenvalue weighted by molar-refractivity contribution is -0.141. The molecular weight excluding hydrogens is 243 g/mol. The van der Waals surface area contributed by atoms with Crippen molar-refractivity contribution < 1.29 is 22.0 Å². The van der Waals surface area contributed by atoms with E-state index < -0.39 is 30.4 Å². The van der Waals surface area contributed by atoms with Crippen molar-refractivity contribution in [2.24, 2.45) is 0 Å². The fourth-order valence-corrected chi connectivity index (χ4v) is 1.39. The van der Waals surface area contributed by atoms with Crippen LogP contribution in [0.2, 0.25) is 0 Å². The van der Waals surface area contributed by atoms with E-state index in [0.29, 0.717) is 0 Å². The molecule has 0 saturated heterocycles. The van der Waals surface area contributed by atoms with Crippen molar-refractivity contribution in [3.63, 3.8) is 0 Å². The van der Waals surface area contributed by atoms with E-state index in [-0.39, 0.29) is 11.1 Å². The predicted octanol–water partition coefficient (Wildman–Crippen LogP) is 3.41. The van der Waals surface area contributed by atoms with Crippen LogP contribution >= 0.6 is 0 Å². The van der Waals surface area contributed by atoms with Crippen molar-refractivity contribution in [2.75, 3.05) is 0 Å². The number of hydrogen-bond donors (Lipinski definition) is 0. The van der Waals surface area contributed by atoms with E-state index in [9.17, 15) is 22.0 Å². The normalized spacial score (nSPS) is 11.6. The fourth-order valence-electron chi connectivity index (χ4n) is 1.39. The number of pyridine rings is 1. The molecule has 0 aromatic carbocycles. The summed E-state index contributed by atoms with van der Waals surface area (Å²) >= 11 is 0. The number of rotatable bonds is 2. The van der Waals surface area contributed by atoms with E-state index >= 15 is 0 Å². The maximum absolute atomic E-state index is 12.5. The second kappa shape index (κ2) is 4.65. The van der Waals surface area contributed by atoms with Gasteiger partial charge in [-0.1, -0.05) is 6.07 Å². The highest BCUT2D eigenvalue weighted by atomic mass is 19.4. The van der Waals surface area contributed by atoms with E-state index in [1.807, 2.05) is 0 Å². The number of nitrogens with zero attached hydrogens (tertiary/aromatic N) is 2. The molecule has 0 unspecified atom stereocenters. The quantitative estimate of drug-likeness (QED) is 0.754. The summed E-state index contributed by atoms with van der Waals surface area (Å²) in [6, 6.07) is 2.54. The highest BCUT2D eigenvalue weighted by Gasteiger charge is 2.36. The summed E-state index contributed by atoms with van der Waals surface area (Å²) in [5.74, 6) is 0. The second-order valence-electron chi connectivity index (χ2n) is 3.33. The maximum atomic E-state index is 12.5. The zero-order valence-corrected chi connectivity index (χ0v) is 8.65. The van der Waals surface area contributed by atoms with Crippen LogP contribution in [-0.2, 0) is 12.6 Å². The minimum absolute atomic E-state index is 0.173. The molecule has 0 bridgehead atoms. The van der Waals surface area contributed by atoms with Crippen molar-refractivity contribution >= 4 is 0 Å². The summed E-state index contributed by atoms with van der Waals surface area (Å²) in [7, 11) is 0. The van der Waals surface area contributed by atoms with Crippen LogP contribution in [0.25, 0.3) is 0 Å². The van der Waals surface area contributed by atoms with Gasteiger partial charge in [-0.15, -0.1) is 0 Å². The van der Waals surface area contributed by atoms with Crippen LogP contribution in [0, 0.1) is 18.3 Å². The van der Waals surface area contributed by atoms with Crippen molar-refractivity contribution in [3.05, 3.63) is 28.6 Å². The molecule has 0 spiro atoms. The maximum Gasteiger partial charge on any atom is 0.433 e. The first-order valence-electron chi connectivity index (χ1n) is 4.50. The summed E-state index contributed by atoms with van der Waals surface area (Å²) in [6.45, 7) is 1.12. The average Bonchev–Trinajstić information content (AvgIpc) is 2.15. The molecule has 1 aromatic rings. The van der Waals surface area contributed by atoms with Crippen molar-refractivity contribution in [3.8, 4) is 6.07 Å². The highest BCUT2D eigenvalue weighted by Crippen LogP contribution is 2.33. The molecule has 1 heterocycles. The van der Waals surface area contributed by atoms with Gasteiger partial charge >= 0.3 is 6.18 Å². The van der Waals surface area contributed by atoms with Gasteiger partial charge < -0.3 is 0 Å². The van der Waals surface area contributed by atoms with Gasteiger partial charge in [0.25, 0.3) is 6.43 Å². The minimum Gasteiger partial charge on any atom is -0.242 e. The average molecular weight is 250 g/mol. The summed E-state index contributed by atoms with van der Waals surface area (Å²) in [4.78, 5) is 2.94. The monoisotopic (exact) mass is 250 g/mol. The van der Waals surface area contributed by atoms with Gasteiger partial charge in [-0.2, -0.15) is 18.4 Å². The van der Waals surface area contributed by atoms with Gasteiger partial charge in [0.15, 0.2) is 0 Å². The van der Waals surface area contributed by atoms with Gasteiger partial charge in [0.1, 0.15) is 11.4 Å². The molecule has 0 aliphatic carbocycles. The fraction of sp³-hybridized carbons (Fsp3) is 0.400. The molecule has 0 aliphatic rings. The first-order valence-corrected chi connectivity index (χ1v) is 4.50. The van der Waals surface area contributed by atoms with Crippen LogP contribution in [0.1, 0.15) is 28.9 Å². The highest BCUT2D eigenvalue weighted by molar-refractivity contribution is 5.33. The van der Waals surface area contributed by atoms with Crippen LogP contribution in [0.4, 0.5) is 22.0 Å². The van der Waals surface area contributed by atoms with Crippen molar-refractivity contribution in [1.82, 2.24) is 4.98 Å². The Morgan fingerprint density at radius 3 is 2.41 bits per heavy atom. The molecule has 0 fully saturated rings. The molecule has 2 nitrogen and oxygen atoms in total. The van der Waals surface area contributed by atoms with Crippen LogP contribution in [0.3, 0.4) is 0 Å². The first-order chi connectivity index (χ1) is 7.77. The Labute approximate surface area is 93.7 Å². The summed E-state index contributed by atoms with van der Waals surface area (Å²) in [5.41, 5.74) is -2.76. The standard InChI is InChI=1S/C10H7F5N2/c1-5-4-6(2-3-16)7(9(11)12)17-8(5)10(13,14)15/h4,9H,2H2,1H3. The van der Waals surface area contributed by atoms with Gasteiger partial charge in [0.2, 0.25) is 0 Å². The lowest BCUT2D eigenvalue weighted by Gasteiger charge is -2.13. The largest absolute Gasteiger partial charge is 0.433 e. The van der Waals surface area contributed by atoms with Gasteiger partial charge in [-0.3, -0.25) is 0 Å². The number of nitriles is 1. The van der Waals surface area contributed by atoms with E-state index in [0.717, 1.165) is 13.0 Å². The smallest absolute Gasteiger partial charge is 0.242 e. The Morgan fingerprint density at radius 2 is 2.00 bits per heavy atom. The Kier molecular flexibility index (Phi) is 3.66. The summed E-state index contributed by atoms with van der Waals surface area (Å²) in [6.07, 6.45) is -8.31. The molecular formula is C10H7F5N2. The third-order valence-electron chi connectivity index (χ3n) is 2.07. The van der Waals surface area contributed by atoms with E-state index in [1.165, 1.54) is 0 Å². The number of alkyl halides is 5. The SMILES string of the molecule is Cc1cc(CC#N)c(C(F)F)nc1C(F)(F)F. The Hall–Kier alpha value is -1.71. The summed E-state index contributed by atoms with van der Waals surface area (Å²) in [5, 5.41) is 8.40. The van der Waals surface area contributed by atoms with Crippen LogP contribution in [0.15, 0.2) is 6.07 Å². The van der Waals surface area contributed by atoms with Gasteiger partial charge in [-0.05, 0) is 18.1 Å². The molecule has 0 atom stereocenters. The van der Waals surface area contributed by atoms with Crippen LogP contribution in [0.5, 0.6) is 0 Å². The molecule has 0 N–H and O–H groups in total. The third kappa shape index (κ3) is 2.90. The first kappa shape index (κ1) is 13.4. The lowest BCUT2D eigenvalue weighted by Crippen LogP contribution is -2.14. The zero-order valence-electron chi connectivity index (χ0n) is 8.65. The van der Waals surface area contributed by atoms with Crippen LogP contribution in [-0.4, -0.2) is 4.98 Å². The van der Waals surface area contributed by atoms with Crippen LogP contribution < -0.4 is 0 Å². The van der Waals surface area contributed by atoms with Gasteiger partial charge in [-0.25, -0.2) is 13.8 Å². The molecule has 17 heavy (non-hydrogen) atoms. The third-order valence-corrected chi connectivity index (χ3v) is 2.07. The molecule has 92 valence electrons. The van der Waals surface area contributed by atoms with E-state index in [2.05, 4.69) is 4.98 Å². The molecule has 0 aliphatic heterocycles. The molecule has 1 rings (SSSR count). The topological polar surface area (TPSA) is 36.7 Å². The Balaban J connectivity index is 3.41. The Bertz CT molecular complexity index is 459. The molecule has 1 aromatic heterocycles. The van der Waals surface area contributed by atoms with Crippen molar-refractivity contribution in [2.45, 2.75) is 25.9 Å². The predicted molar refractivity (Wildman–Crippen MR) is 48.3 cm³/mol. The lowest BCUT2D eigenvalue weighted by atomic mass is 10.1. The van der Waals surface area contributed by atoms with Crippen molar-refractivity contribution in [1.29, 1.82) is 5.26 Å². The van der Waals surface area contributed by atoms with Gasteiger partial charge in [0, 0.05) is 0 Å². The minimum atomic E-state index is -4.78. The second-order valence-corrected chi connectivity index (χ2v) is 3.33. The number of halogens is 5. The molecule has 0 saturated carbocycles. The summed E-state index contributed by atoms with van der Waals surface area (Å²) < 4.78 is 62.3. The number of aryl methyl sites for hydroxylation is 1. The molecule has 0 amide bonds.